The van der Waals surface area contributed by atoms with Gasteiger partial charge in [-0.2, -0.15) is 0 Å². The monoisotopic (exact) mass is 304 g/mol. The molecule has 0 unspecified atom stereocenters. The summed E-state index contributed by atoms with van der Waals surface area (Å²) in [6.07, 6.45) is 0.781. The van der Waals surface area contributed by atoms with Crippen molar-refractivity contribution in [2.24, 2.45) is 0 Å². The Morgan fingerprint density at radius 2 is 2.05 bits per heavy atom. The Balaban J connectivity index is 2.08. The molecule has 1 aromatic carbocycles. The number of nitrogens with one attached hydrogen (secondary N) is 1. The Hall–Kier alpha value is -2.34. The minimum Gasteiger partial charge on any atom is -0.497 e. The molecule has 1 N–H and O–H groups in total. The van der Waals surface area contributed by atoms with Gasteiger partial charge in [0.05, 0.1) is 19.8 Å². The number of ether oxygens (including phenoxy) is 2. The zero-order valence-electron chi connectivity index (χ0n) is 13.0. The van der Waals surface area contributed by atoms with Gasteiger partial charge in [0, 0.05) is 18.7 Å². The van der Waals surface area contributed by atoms with Crippen LogP contribution in [0.25, 0.3) is 11.3 Å². The van der Waals surface area contributed by atoms with Crippen LogP contribution in [0.4, 0.5) is 0 Å². The fraction of sp³-hybridized carbons (Fsp3) is 0.375. The lowest BCUT2D eigenvalue weighted by Gasteiger charge is -2.14. The summed E-state index contributed by atoms with van der Waals surface area (Å²) in [6.45, 7) is 2.45. The van der Waals surface area contributed by atoms with Gasteiger partial charge in [-0.25, -0.2) is 0 Å². The number of hydrogen-bond acceptors (Lipinski definition) is 5. The molecular weight excluding hydrogens is 284 g/mol. The summed E-state index contributed by atoms with van der Waals surface area (Å²) >= 11 is 0. The maximum atomic E-state index is 12.1. The van der Waals surface area contributed by atoms with E-state index in [0.717, 1.165) is 17.7 Å². The highest BCUT2D eigenvalue weighted by Gasteiger charge is 2.17. The zero-order chi connectivity index (χ0) is 15.9. The van der Waals surface area contributed by atoms with E-state index in [2.05, 4.69) is 10.5 Å². The topological polar surface area (TPSA) is 73.6 Å². The number of aromatic nitrogens is 1. The molecule has 0 aliphatic rings. The standard InChI is InChI=1S/C16H20N2O4/c1-4-12(10-20-2)17-16(19)14-9-15(22-18-14)11-5-7-13(21-3)8-6-11/h5-9,12H,4,10H2,1-3H3,(H,17,19)/t12-/m0/s1. The van der Waals surface area contributed by atoms with E-state index in [-0.39, 0.29) is 17.6 Å². The fourth-order valence-electron chi connectivity index (χ4n) is 2.00. The van der Waals surface area contributed by atoms with E-state index in [1.165, 1.54) is 0 Å². The number of amides is 1. The first-order chi connectivity index (χ1) is 10.7. The molecule has 1 amide bonds. The molecule has 6 nitrogen and oxygen atoms in total. The molecule has 1 heterocycles. The molecule has 0 bridgehead atoms. The summed E-state index contributed by atoms with van der Waals surface area (Å²) < 4.78 is 15.4. The van der Waals surface area contributed by atoms with Crippen molar-refractivity contribution in [2.45, 2.75) is 19.4 Å². The number of carbonyl (C=O) groups excluding carboxylic acids is 1. The molecule has 0 aliphatic heterocycles. The van der Waals surface area contributed by atoms with Gasteiger partial charge in [0.25, 0.3) is 5.91 Å². The van der Waals surface area contributed by atoms with Crippen molar-refractivity contribution in [1.82, 2.24) is 10.5 Å². The average molecular weight is 304 g/mol. The van der Waals surface area contributed by atoms with Gasteiger partial charge >= 0.3 is 0 Å². The Bertz CT molecular complexity index is 607. The number of hydrogen-bond donors (Lipinski definition) is 1. The molecule has 6 heteroatoms. The van der Waals surface area contributed by atoms with Gasteiger partial charge in [-0.05, 0) is 30.7 Å². The van der Waals surface area contributed by atoms with Crippen LogP contribution in [0, 0.1) is 0 Å². The minimum absolute atomic E-state index is 0.0429. The highest BCUT2D eigenvalue weighted by atomic mass is 16.5. The molecule has 0 aliphatic carbocycles. The van der Waals surface area contributed by atoms with Gasteiger partial charge < -0.3 is 19.3 Å². The second-order valence-corrected chi connectivity index (χ2v) is 4.84. The first kappa shape index (κ1) is 16.0. The summed E-state index contributed by atoms with van der Waals surface area (Å²) in [5.41, 5.74) is 1.08. The lowest BCUT2D eigenvalue weighted by molar-refractivity contribution is 0.0886. The first-order valence-electron chi connectivity index (χ1n) is 7.08. The number of rotatable bonds is 7. The van der Waals surface area contributed by atoms with Crippen molar-refractivity contribution in [3.63, 3.8) is 0 Å². The van der Waals surface area contributed by atoms with Crippen LogP contribution in [0.2, 0.25) is 0 Å². The van der Waals surface area contributed by atoms with Gasteiger partial charge in [-0.1, -0.05) is 12.1 Å². The molecule has 1 atom stereocenters. The molecule has 22 heavy (non-hydrogen) atoms. The van der Waals surface area contributed by atoms with E-state index < -0.39 is 0 Å². The molecule has 0 saturated carbocycles. The van der Waals surface area contributed by atoms with Crippen LogP contribution in [0.3, 0.4) is 0 Å². The van der Waals surface area contributed by atoms with Gasteiger partial charge in [-0.15, -0.1) is 0 Å². The van der Waals surface area contributed by atoms with Crippen LogP contribution in [-0.2, 0) is 4.74 Å². The third kappa shape index (κ3) is 3.85. The highest BCUT2D eigenvalue weighted by Crippen LogP contribution is 2.23. The van der Waals surface area contributed by atoms with E-state index >= 15 is 0 Å². The van der Waals surface area contributed by atoms with Crippen molar-refractivity contribution in [2.75, 3.05) is 20.8 Å². The molecule has 1 aromatic heterocycles. The smallest absolute Gasteiger partial charge is 0.273 e. The average Bonchev–Trinajstić information content (AvgIpc) is 3.04. The summed E-state index contributed by atoms with van der Waals surface area (Å²) in [6, 6.07) is 8.92. The van der Waals surface area contributed by atoms with Crippen molar-refractivity contribution >= 4 is 5.91 Å². The van der Waals surface area contributed by atoms with E-state index in [4.69, 9.17) is 14.0 Å². The van der Waals surface area contributed by atoms with E-state index in [1.807, 2.05) is 31.2 Å². The van der Waals surface area contributed by atoms with Crippen LogP contribution < -0.4 is 10.1 Å². The molecule has 118 valence electrons. The second-order valence-electron chi connectivity index (χ2n) is 4.84. The number of benzene rings is 1. The summed E-state index contributed by atoms with van der Waals surface area (Å²) in [7, 11) is 3.21. The Labute approximate surface area is 129 Å². The van der Waals surface area contributed by atoms with Crippen molar-refractivity contribution < 1.29 is 18.8 Å². The van der Waals surface area contributed by atoms with Crippen LogP contribution in [0.5, 0.6) is 5.75 Å². The third-order valence-corrected chi connectivity index (χ3v) is 3.31. The van der Waals surface area contributed by atoms with Crippen LogP contribution in [-0.4, -0.2) is 37.9 Å². The first-order valence-corrected chi connectivity index (χ1v) is 7.08. The fourth-order valence-corrected chi connectivity index (χ4v) is 2.00. The van der Waals surface area contributed by atoms with E-state index in [9.17, 15) is 4.79 Å². The Morgan fingerprint density at radius 1 is 1.32 bits per heavy atom. The quantitative estimate of drug-likeness (QED) is 0.850. The lowest BCUT2D eigenvalue weighted by atomic mass is 10.1. The van der Waals surface area contributed by atoms with Crippen LogP contribution >= 0.6 is 0 Å². The van der Waals surface area contributed by atoms with E-state index in [1.54, 1.807) is 20.3 Å². The maximum absolute atomic E-state index is 12.1. The number of nitrogens with zero attached hydrogens (tertiary/aromatic N) is 1. The lowest BCUT2D eigenvalue weighted by Crippen LogP contribution is -2.37. The van der Waals surface area contributed by atoms with Gasteiger partial charge in [-0.3, -0.25) is 4.79 Å². The molecule has 0 radical (unpaired) electrons. The van der Waals surface area contributed by atoms with Crippen molar-refractivity contribution in [3.05, 3.63) is 36.0 Å². The zero-order valence-corrected chi connectivity index (χ0v) is 13.0. The van der Waals surface area contributed by atoms with Crippen molar-refractivity contribution in [3.8, 4) is 17.1 Å². The highest BCUT2D eigenvalue weighted by molar-refractivity contribution is 5.93. The SMILES string of the molecule is CC[C@@H](COC)NC(=O)c1cc(-c2ccc(OC)cc2)on1. The molecular formula is C16H20N2O4. The minimum atomic E-state index is -0.271. The Morgan fingerprint density at radius 3 is 2.64 bits per heavy atom. The Kier molecular flexibility index (Phi) is 5.55. The molecule has 0 fully saturated rings. The van der Waals surface area contributed by atoms with Crippen molar-refractivity contribution in [1.29, 1.82) is 0 Å². The van der Waals surface area contributed by atoms with Gasteiger partial charge in [0.2, 0.25) is 0 Å². The number of carbonyl (C=O) groups is 1. The molecule has 2 rings (SSSR count). The van der Waals surface area contributed by atoms with Gasteiger partial charge in [0.1, 0.15) is 5.75 Å². The summed E-state index contributed by atoms with van der Waals surface area (Å²) in [5.74, 6) is 1.02. The molecule has 0 spiro atoms. The predicted molar refractivity (Wildman–Crippen MR) is 81.9 cm³/mol. The predicted octanol–water partition coefficient (Wildman–Crippen LogP) is 2.51. The molecule has 0 saturated heterocycles. The summed E-state index contributed by atoms with van der Waals surface area (Å²) in [4.78, 5) is 12.1. The van der Waals surface area contributed by atoms with Crippen LogP contribution in [0.1, 0.15) is 23.8 Å². The summed E-state index contributed by atoms with van der Waals surface area (Å²) in [5, 5.41) is 6.68. The van der Waals surface area contributed by atoms with Crippen LogP contribution in [0.15, 0.2) is 34.9 Å². The second kappa shape index (κ2) is 7.61. The number of methoxy groups -OCH3 is 2. The van der Waals surface area contributed by atoms with E-state index in [0.29, 0.717) is 12.4 Å². The maximum Gasteiger partial charge on any atom is 0.273 e. The third-order valence-electron chi connectivity index (χ3n) is 3.31. The molecule has 2 aromatic rings. The normalized spacial score (nSPS) is 12.0. The largest absolute Gasteiger partial charge is 0.497 e. The van der Waals surface area contributed by atoms with Gasteiger partial charge in [0.15, 0.2) is 11.5 Å².